The van der Waals surface area contributed by atoms with Gasteiger partial charge in [-0.1, -0.05) is 0 Å². The van der Waals surface area contributed by atoms with Gasteiger partial charge in [0.1, 0.15) is 41.8 Å². The highest BCUT2D eigenvalue weighted by Crippen LogP contribution is 2.40. The summed E-state index contributed by atoms with van der Waals surface area (Å²) in [6.45, 7) is 3.83. The molecule has 0 bridgehead atoms. The Morgan fingerprint density at radius 1 is 1.06 bits per heavy atom. The summed E-state index contributed by atoms with van der Waals surface area (Å²) >= 11 is 3.06. The van der Waals surface area contributed by atoms with Crippen molar-refractivity contribution >= 4 is 59.6 Å². The number of nitrogens with one attached hydrogen (secondary N) is 2. The number of phenolic OH excluding ortho intramolecular Hbond substituents is 3. The van der Waals surface area contributed by atoms with Crippen LogP contribution >= 0.6 is 31.7 Å². The van der Waals surface area contributed by atoms with Gasteiger partial charge in [-0.3, -0.25) is 9.59 Å². The van der Waals surface area contributed by atoms with Gasteiger partial charge in [-0.25, -0.2) is 9.71 Å². The van der Waals surface area contributed by atoms with Gasteiger partial charge in [-0.15, -0.1) is 16.2 Å². The maximum atomic E-state index is 10.6. The van der Waals surface area contributed by atoms with Crippen LogP contribution in [0.2, 0.25) is 0 Å². The fraction of sp³-hybridized carbons (Fsp3) is 0.176. The molecule has 2 aromatic heterocycles. The number of hydrogen-bond donors (Lipinski definition) is 7. The van der Waals surface area contributed by atoms with E-state index in [4.69, 9.17) is 40.3 Å². The Bertz CT molecular complexity index is 2030. The molecule has 278 valence electrons. The minimum Gasteiger partial charge on any atom is -0.506 e. The van der Waals surface area contributed by atoms with E-state index in [-0.39, 0.29) is 34.8 Å². The molecular weight excluding hydrogens is 748 g/mol. The number of carbonyl (C=O) groups excluding carboxylic acids is 2. The first-order chi connectivity index (χ1) is 25.5. The standard InChI is InChI=1S/C20H23N4O4PS2.C7H6N2O3.C7H6O3/c1-3-26-17-8-14-9-20(30-19(14)10-18(17)27-7-6-22-2)31-24-13-29(25)28-16-5-4-15(11-21)23-12-16;8-7(11)4-1-2-6(10)5(3-4)9-12;8-4-5-1-2-6(9)7(10)3-5/h4-5,8-10,12,22,24-25H,3,6-7,13H2,1-2H3;1-3,10H,(H2,8,11);1-4,9-10H. The maximum Gasteiger partial charge on any atom is 0.248 e. The molecule has 0 radical (unpaired) electrons. The van der Waals surface area contributed by atoms with Gasteiger partial charge in [0.05, 0.1) is 23.3 Å². The van der Waals surface area contributed by atoms with Crippen LogP contribution in [0.1, 0.15) is 33.3 Å². The minimum atomic E-state index is -1.71. The number of nitrogens with zero attached hydrogens (tertiary/aromatic N) is 3. The fourth-order valence-corrected chi connectivity index (χ4v) is 6.76. The normalized spacial score (nSPS) is 10.8. The fourth-order valence-electron chi connectivity index (χ4n) is 3.89. The predicted octanol–water partition coefficient (Wildman–Crippen LogP) is 5.90. The summed E-state index contributed by atoms with van der Waals surface area (Å²) in [4.78, 5) is 44.7. The Kier molecular flexibility index (Phi) is 17.2. The van der Waals surface area contributed by atoms with Crippen molar-refractivity contribution in [3.63, 3.8) is 0 Å². The van der Waals surface area contributed by atoms with Crippen LogP contribution in [0.15, 0.2) is 82.3 Å². The summed E-state index contributed by atoms with van der Waals surface area (Å²) < 4.78 is 22.3. The molecule has 1 unspecified atom stereocenters. The lowest BCUT2D eigenvalue weighted by Gasteiger charge is -2.12. The highest BCUT2D eigenvalue weighted by atomic mass is 32.2. The van der Waals surface area contributed by atoms with Gasteiger partial charge in [0.2, 0.25) is 14.3 Å². The zero-order chi connectivity index (χ0) is 38.8. The summed E-state index contributed by atoms with van der Waals surface area (Å²) in [6, 6.07) is 18.7. The van der Waals surface area contributed by atoms with Gasteiger partial charge < -0.3 is 45.3 Å². The van der Waals surface area contributed by atoms with E-state index in [1.165, 1.54) is 48.5 Å². The van der Waals surface area contributed by atoms with Crippen molar-refractivity contribution in [2.45, 2.75) is 11.1 Å². The largest absolute Gasteiger partial charge is 0.506 e. The quantitative estimate of drug-likeness (QED) is 0.0163. The van der Waals surface area contributed by atoms with E-state index in [2.05, 4.69) is 26.3 Å². The summed E-state index contributed by atoms with van der Waals surface area (Å²) in [5.41, 5.74) is 5.52. The van der Waals surface area contributed by atoms with E-state index in [0.717, 1.165) is 38.4 Å². The molecule has 0 saturated heterocycles. The molecule has 0 aliphatic carbocycles. The smallest absolute Gasteiger partial charge is 0.248 e. The Morgan fingerprint density at radius 3 is 2.43 bits per heavy atom. The SMILES string of the molecule is CCOc1cc2cc(SNCP(O)Oc3ccc(C#N)nc3)sc2cc1OCCNC.NC(=O)c1ccc(O)c(N=O)c1.O=Cc1ccc(O)c(O)c1. The van der Waals surface area contributed by atoms with E-state index < -0.39 is 14.3 Å². The average Bonchev–Trinajstić information content (AvgIpc) is 3.55. The Morgan fingerprint density at radius 2 is 1.81 bits per heavy atom. The Labute approximate surface area is 313 Å². The number of hydrogen-bond acceptors (Lipinski definition) is 17. The number of carbonyl (C=O) groups is 2. The molecule has 16 nitrogen and oxygen atoms in total. The number of ether oxygens (including phenoxy) is 2. The summed E-state index contributed by atoms with van der Waals surface area (Å²) in [7, 11) is 0.174. The number of rotatable bonds is 15. The number of benzene rings is 3. The first-order valence-corrected chi connectivity index (χ1v) is 18.4. The number of nitroso groups, excluding NO2 is 1. The number of nitrogens with two attached hydrogens (primary N) is 1. The number of fused-ring (bicyclic) bond motifs is 1. The van der Waals surface area contributed by atoms with Crippen LogP contribution in [0.3, 0.4) is 0 Å². The third-order valence-electron chi connectivity index (χ3n) is 6.40. The van der Waals surface area contributed by atoms with Crippen LogP contribution < -0.4 is 29.8 Å². The van der Waals surface area contributed by atoms with Gasteiger partial charge in [0.15, 0.2) is 23.0 Å². The molecule has 0 saturated carbocycles. The van der Waals surface area contributed by atoms with Crippen molar-refractivity contribution in [3.8, 4) is 40.6 Å². The molecule has 0 spiro atoms. The highest BCUT2D eigenvalue weighted by Gasteiger charge is 2.13. The monoisotopic (exact) mass is 782 g/mol. The van der Waals surface area contributed by atoms with Gasteiger partial charge in [0, 0.05) is 28.4 Å². The minimum absolute atomic E-state index is 0.141. The molecule has 8 N–H and O–H groups in total. The number of thiophene rings is 1. The molecule has 2 heterocycles. The number of aromatic nitrogens is 1. The molecule has 0 aliphatic heterocycles. The van der Waals surface area contributed by atoms with Crippen LogP contribution in [0, 0.1) is 16.2 Å². The van der Waals surface area contributed by atoms with Crippen molar-refractivity contribution in [2.24, 2.45) is 10.9 Å². The number of phenols is 3. The highest BCUT2D eigenvalue weighted by molar-refractivity contribution is 7.99. The average molecular weight is 783 g/mol. The molecule has 19 heteroatoms. The molecular formula is C34H35N6O10PS2. The zero-order valence-corrected chi connectivity index (χ0v) is 30.8. The number of pyridine rings is 1. The van der Waals surface area contributed by atoms with Crippen LogP contribution in [-0.2, 0) is 0 Å². The second kappa shape index (κ2) is 21.7. The van der Waals surface area contributed by atoms with Crippen molar-refractivity contribution in [1.82, 2.24) is 15.0 Å². The lowest BCUT2D eigenvalue weighted by atomic mass is 10.2. The van der Waals surface area contributed by atoms with Crippen molar-refractivity contribution in [1.29, 1.82) is 5.26 Å². The predicted molar refractivity (Wildman–Crippen MR) is 202 cm³/mol. The number of primary amides is 1. The number of likely N-dealkylation sites (N-methyl/N-ethyl adjacent to an activating group) is 1. The van der Waals surface area contributed by atoms with Crippen LogP contribution in [0.4, 0.5) is 5.69 Å². The van der Waals surface area contributed by atoms with E-state index >= 15 is 0 Å². The first kappa shape index (κ1) is 41.9. The van der Waals surface area contributed by atoms with E-state index in [0.29, 0.717) is 36.5 Å². The van der Waals surface area contributed by atoms with Crippen molar-refractivity contribution in [2.75, 3.05) is 33.1 Å². The topological polar surface area (TPSA) is 259 Å². The van der Waals surface area contributed by atoms with Crippen molar-refractivity contribution < 1.29 is 43.8 Å². The molecule has 0 aliphatic rings. The van der Waals surface area contributed by atoms with Crippen LogP contribution in [-0.4, -0.2) is 70.5 Å². The summed E-state index contributed by atoms with van der Waals surface area (Å²) in [5, 5.41) is 42.0. The lowest BCUT2D eigenvalue weighted by molar-refractivity contribution is 0.0999. The third kappa shape index (κ3) is 13.5. The number of aldehydes is 1. The molecule has 53 heavy (non-hydrogen) atoms. The van der Waals surface area contributed by atoms with Gasteiger partial charge >= 0.3 is 0 Å². The van der Waals surface area contributed by atoms with Crippen LogP contribution in [0.25, 0.3) is 10.1 Å². The second-order valence-corrected chi connectivity index (χ2v) is 13.6. The molecule has 1 atom stereocenters. The molecule has 3 aromatic carbocycles. The summed E-state index contributed by atoms with van der Waals surface area (Å²) in [5.74, 6) is 0.469. The summed E-state index contributed by atoms with van der Waals surface area (Å²) in [6.07, 6.45) is 2.30. The van der Waals surface area contributed by atoms with Crippen molar-refractivity contribution in [3.05, 3.63) is 94.7 Å². The zero-order valence-electron chi connectivity index (χ0n) is 28.3. The second-order valence-electron chi connectivity index (χ2n) is 10.2. The van der Waals surface area contributed by atoms with Gasteiger partial charge in [-0.05, 0) is 97.1 Å². The Hall–Kier alpha value is -5.54. The molecule has 5 aromatic rings. The lowest BCUT2D eigenvalue weighted by Crippen LogP contribution is -2.16. The number of nitriles is 1. The molecule has 0 fully saturated rings. The Balaban J connectivity index is 0.000000278. The van der Waals surface area contributed by atoms with Crippen LogP contribution in [0.5, 0.6) is 34.5 Å². The number of amides is 1. The maximum absolute atomic E-state index is 10.6. The molecule has 1 amide bonds. The third-order valence-corrected chi connectivity index (χ3v) is 9.46. The molecule has 5 rings (SSSR count). The first-order valence-electron chi connectivity index (χ1n) is 15.3. The number of aromatic hydroxyl groups is 3. The van der Waals surface area contributed by atoms with Gasteiger partial charge in [-0.2, -0.15) is 5.26 Å². The van der Waals surface area contributed by atoms with Gasteiger partial charge in [0.25, 0.3) is 0 Å². The van der Waals surface area contributed by atoms with E-state index in [9.17, 15) is 19.4 Å². The van der Waals surface area contributed by atoms with E-state index in [1.807, 2.05) is 32.2 Å². The van der Waals surface area contributed by atoms with E-state index in [1.54, 1.807) is 23.5 Å².